The first kappa shape index (κ1) is 15.4. The second-order valence-electron chi connectivity index (χ2n) is 5.17. The van der Waals surface area contributed by atoms with Crippen molar-refractivity contribution in [1.29, 1.82) is 0 Å². The minimum absolute atomic E-state index is 0.306. The second-order valence-corrected chi connectivity index (χ2v) is 5.17. The molecule has 1 amide bonds. The number of hydrogen-bond acceptors (Lipinski definition) is 2. The monoisotopic (exact) mass is 260 g/mol. The number of rotatable bonds is 3. The largest absolute Gasteiger partial charge is 0.366 e. The first-order valence-electron chi connectivity index (χ1n) is 6.62. The van der Waals surface area contributed by atoms with Crippen LogP contribution in [0, 0.1) is 5.92 Å². The van der Waals surface area contributed by atoms with Crippen molar-refractivity contribution in [3.63, 3.8) is 0 Å². The Morgan fingerprint density at radius 3 is 2.53 bits per heavy atom. The Morgan fingerprint density at radius 1 is 1.42 bits per heavy atom. The Bertz CT molecular complexity index is 483. The van der Waals surface area contributed by atoms with Gasteiger partial charge in [0.15, 0.2) is 0 Å². The molecule has 19 heavy (non-hydrogen) atoms. The van der Waals surface area contributed by atoms with Crippen LogP contribution in [0.25, 0.3) is 0 Å². The molecular formula is C16H24N2O. The number of allylic oxidation sites excluding steroid dienone is 3. The zero-order valence-corrected chi connectivity index (χ0v) is 12.2. The summed E-state index contributed by atoms with van der Waals surface area (Å²) in [5, 5.41) is 0. The van der Waals surface area contributed by atoms with Crippen molar-refractivity contribution in [2.45, 2.75) is 39.7 Å². The van der Waals surface area contributed by atoms with E-state index < -0.39 is 11.4 Å². The molecule has 3 nitrogen and oxygen atoms in total. The lowest BCUT2D eigenvalue weighted by Gasteiger charge is -2.40. The Hall–Kier alpha value is -1.61. The van der Waals surface area contributed by atoms with Crippen molar-refractivity contribution in [3.05, 3.63) is 47.1 Å². The van der Waals surface area contributed by atoms with Crippen LogP contribution < -0.4 is 11.5 Å². The van der Waals surface area contributed by atoms with Crippen LogP contribution in [0.1, 0.15) is 34.1 Å². The number of primary amides is 1. The van der Waals surface area contributed by atoms with Crippen molar-refractivity contribution in [2.24, 2.45) is 17.4 Å². The molecule has 0 aliphatic heterocycles. The third kappa shape index (κ3) is 3.24. The molecule has 0 aromatic rings. The maximum Gasteiger partial charge on any atom is 0.241 e. The van der Waals surface area contributed by atoms with E-state index in [1.807, 2.05) is 19.9 Å². The highest BCUT2D eigenvalue weighted by Gasteiger charge is 2.37. The van der Waals surface area contributed by atoms with Gasteiger partial charge in [-0.25, -0.2) is 0 Å². The molecule has 0 bridgehead atoms. The van der Waals surface area contributed by atoms with Crippen molar-refractivity contribution >= 4 is 5.91 Å². The van der Waals surface area contributed by atoms with Crippen LogP contribution in [0.5, 0.6) is 0 Å². The van der Waals surface area contributed by atoms with E-state index in [1.165, 1.54) is 17.2 Å². The van der Waals surface area contributed by atoms with E-state index in [1.54, 1.807) is 6.08 Å². The molecule has 104 valence electrons. The van der Waals surface area contributed by atoms with E-state index in [-0.39, 0.29) is 0 Å². The predicted octanol–water partition coefficient (Wildman–Crippen LogP) is 2.60. The van der Waals surface area contributed by atoms with Crippen molar-refractivity contribution in [3.8, 4) is 0 Å². The molecule has 2 atom stereocenters. The molecule has 1 aliphatic rings. The lowest BCUT2D eigenvalue weighted by Crippen LogP contribution is -2.47. The van der Waals surface area contributed by atoms with E-state index in [4.69, 9.17) is 11.5 Å². The summed E-state index contributed by atoms with van der Waals surface area (Å²) in [5.74, 6) is -0.151. The summed E-state index contributed by atoms with van der Waals surface area (Å²) in [7, 11) is 0. The highest BCUT2D eigenvalue weighted by molar-refractivity contribution is 5.86. The van der Waals surface area contributed by atoms with E-state index >= 15 is 0 Å². The molecule has 0 saturated heterocycles. The molecule has 0 aromatic carbocycles. The van der Waals surface area contributed by atoms with Crippen LogP contribution in [-0.4, -0.2) is 11.4 Å². The number of amides is 1. The van der Waals surface area contributed by atoms with Gasteiger partial charge in [-0.2, -0.15) is 0 Å². The van der Waals surface area contributed by atoms with Crippen LogP contribution in [0.4, 0.5) is 0 Å². The van der Waals surface area contributed by atoms with Gasteiger partial charge in [0.2, 0.25) is 5.91 Å². The zero-order valence-electron chi connectivity index (χ0n) is 12.2. The standard InChI is InChI=1S/C16H24N2O/c1-5-13(7-8-15(17)19)16(18)10-11(3)9-12(4)14(16)6-2/h5-9,12H,10,18H2,1-4H3,(H2,17,19)/b8-7-,13-5-,14-6+/t12-,16+/m1/s1. The van der Waals surface area contributed by atoms with E-state index in [0.29, 0.717) is 5.92 Å². The van der Waals surface area contributed by atoms with Gasteiger partial charge in [0.05, 0.1) is 5.54 Å². The molecule has 0 heterocycles. The third-order valence-corrected chi connectivity index (χ3v) is 3.66. The fourth-order valence-corrected chi connectivity index (χ4v) is 2.99. The van der Waals surface area contributed by atoms with Crippen LogP contribution in [0.15, 0.2) is 47.1 Å². The first-order chi connectivity index (χ1) is 8.85. The minimum Gasteiger partial charge on any atom is -0.366 e. The molecule has 0 saturated carbocycles. The van der Waals surface area contributed by atoms with E-state index in [0.717, 1.165) is 12.0 Å². The molecule has 0 aromatic heterocycles. The molecule has 1 rings (SSSR count). The van der Waals surface area contributed by atoms with Gasteiger partial charge in [-0.05, 0) is 44.3 Å². The molecule has 0 radical (unpaired) electrons. The Labute approximate surface area is 115 Å². The van der Waals surface area contributed by atoms with Gasteiger partial charge in [0.1, 0.15) is 0 Å². The summed E-state index contributed by atoms with van der Waals surface area (Å²) in [6, 6.07) is 0. The molecule has 3 heteroatoms. The van der Waals surface area contributed by atoms with Crippen molar-refractivity contribution in [1.82, 2.24) is 0 Å². The Kier molecular flexibility index (Phi) is 4.90. The maximum atomic E-state index is 10.9. The van der Waals surface area contributed by atoms with Gasteiger partial charge < -0.3 is 11.5 Å². The molecule has 4 N–H and O–H groups in total. The lowest BCUT2D eigenvalue weighted by atomic mass is 9.69. The average Bonchev–Trinajstić information content (AvgIpc) is 2.28. The smallest absolute Gasteiger partial charge is 0.241 e. The number of nitrogens with two attached hydrogens (primary N) is 2. The maximum absolute atomic E-state index is 10.9. The summed E-state index contributed by atoms with van der Waals surface area (Å²) < 4.78 is 0. The minimum atomic E-state index is -0.548. The van der Waals surface area contributed by atoms with Gasteiger partial charge in [-0.15, -0.1) is 0 Å². The molecule has 0 fully saturated rings. The highest BCUT2D eigenvalue weighted by Crippen LogP contribution is 2.39. The van der Waals surface area contributed by atoms with Crippen LogP contribution in [0.2, 0.25) is 0 Å². The van der Waals surface area contributed by atoms with Gasteiger partial charge >= 0.3 is 0 Å². The summed E-state index contributed by atoms with van der Waals surface area (Å²) in [6.45, 7) is 8.17. The molecule has 0 unspecified atom stereocenters. The summed E-state index contributed by atoms with van der Waals surface area (Å²) in [5.41, 5.74) is 14.7. The van der Waals surface area contributed by atoms with Gasteiger partial charge in [-0.1, -0.05) is 36.8 Å². The number of hydrogen-bond donors (Lipinski definition) is 2. The number of carbonyl (C=O) groups is 1. The van der Waals surface area contributed by atoms with Crippen LogP contribution >= 0.6 is 0 Å². The first-order valence-corrected chi connectivity index (χ1v) is 6.62. The van der Waals surface area contributed by atoms with Gasteiger partial charge in [-0.3, -0.25) is 4.79 Å². The predicted molar refractivity (Wildman–Crippen MR) is 80.3 cm³/mol. The lowest BCUT2D eigenvalue weighted by molar-refractivity contribution is -0.113. The molecule has 0 spiro atoms. The fraction of sp³-hybridized carbons (Fsp3) is 0.438. The Balaban J connectivity index is 3.27. The molecule has 1 aliphatic carbocycles. The topological polar surface area (TPSA) is 69.1 Å². The summed E-state index contributed by atoms with van der Waals surface area (Å²) >= 11 is 0. The average molecular weight is 260 g/mol. The van der Waals surface area contributed by atoms with Gasteiger partial charge in [0, 0.05) is 6.08 Å². The third-order valence-electron chi connectivity index (χ3n) is 3.66. The van der Waals surface area contributed by atoms with Crippen LogP contribution in [0.3, 0.4) is 0 Å². The van der Waals surface area contributed by atoms with Crippen LogP contribution in [-0.2, 0) is 4.79 Å². The van der Waals surface area contributed by atoms with Crippen molar-refractivity contribution in [2.75, 3.05) is 0 Å². The van der Waals surface area contributed by atoms with Gasteiger partial charge in [0.25, 0.3) is 0 Å². The Morgan fingerprint density at radius 2 is 2.05 bits per heavy atom. The fourth-order valence-electron chi connectivity index (χ4n) is 2.99. The normalized spacial score (nSPS) is 30.8. The summed E-state index contributed by atoms with van der Waals surface area (Å²) in [6.07, 6.45) is 10.1. The van der Waals surface area contributed by atoms with Crippen molar-refractivity contribution < 1.29 is 4.79 Å². The molecular weight excluding hydrogens is 236 g/mol. The second kappa shape index (κ2) is 6.02. The SMILES string of the molecule is C/C=C(/C=C\C(N)=O)[C@@]1(N)CC(C)=C[C@@H](C)/C1=C\C. The number of carbonyl (C=O) groups excluding carboxylic acids is 1. The zero-order chi connectivity index (χ0) is 14.6. The quantitative estimate of drug-likeness (QED) is 0.465. The van der Waals surface area contributed by atoms with E-state index in [2.05, 4.69) is 26.0 Å². The summed E-state index contributed by atoms with van der Waals surface area (Å²) in [4.78, 5) is 10.9. The highest BCUT2D eigenvalue weighted by atomic mass is 16.1. The van der Waals surface area contributed by atoms with E-state index in [9.17, 15) is 4.79 Å².